The Morgan fingerprint density at radius 3 is 3.12 bits per heavy atom. The van der Waals surface area contributed by atoms with Crippen LogP contribution in [0.25, 0.3) is 0 Å². The highest BCUT2D eigenvalue weighted by Gasteiger charge is 2.22. The molecule has 1 fully saturated rings. The van der Waals surface area contributed by atoms with Gasteiger partial charge in [-0.2, -0.15) is 0 Å². The van der Waals surface area contributed by atoms with Crippen molar-refractivity contribution in [3.05, 3.63) is 29.3 Å². The summed E-state index contributed by atoms with van der Waals surface area (Å²) < 4.78 is 5.36. The lowest BCUT2D eigenvalue weighted by Crippen LogP contribution is -2.20. The van der Waals surface area contributed by atoms with Crippen LogP contribution in [0.15, 0.2) is 18.2 Å². The Hall–Kier alpha value is -1.55. The Bertz CT molecular complexity index is 427. The SMILES string of the molecule is O=CN1Cc2cccc(NC3CCOC3)c2C1. The number of hydrogen-bond donors (Lipinski definition) is 1. The Labute approximate surface area is 101 Å². The molecule has 1 aromatic rings. The third-order valence-electron chi connectivity index (χ3n) is 3.45. The van der Waals surface area contributed by atoms with Gasteiger partial charge in [-0.25, -0.2) is 0 Å². The molecule has 1 amide bonds. The molecule has 0 aliphatic carbocycles. The molecule has 17 heavy (non-hydrogen) atoms. The number of nitrogens with one attached hydrogen (secondary N) is 1. The first-order valence-corrected chi connectivity index (χ1v) is 6.01. The maximum atomic E-state index is 10.8. The zero-order valence-corrected chi connectivity index (χ0v) is 9.69. The van der Waals surface area contributed by atoms with E-state index < -0.39 is 0 Å². The first kappa shape index (κ1) is 10.6. The van der Waals surface area contributed by atoms with Gasteiger partial charge in [-0.15, -0.1) is 0 Å². The second kappa shape index (κ2) is 4.37. The summed E-state index contributed by atoms with van der Waals surface area (Å²) >= 11 is 0. The van der Waals surface area contributed by atoms with Crippen LogP contribution in [0.2, 0.25) is 0 Å². The predicted molar refractivity (Wildman–Crippen MR) is 64.6 cm³/mol. The van der Waals surface area contributed by atoms with E-state index in [2.05, 4.69) is 17.4 Å². The van der Waals surface area contributed by atoms with Gasteiger partial charge in [0.05, 0.1) is 12.6 Å². The predicted octanol–water partition coefficient (Wildman–Crippen LogP) is 1.36. The van der Waals surface area contributed by atoms with Crippen molar-refractivity contribution in [1.29, 1.82) is 0 Å². The number of ether oxygens (including phenoxy) is 1. The maximum absolute atomic E-state index is 10.8. The molecule has 0 spiro atoms. The van der Waals surface area contributed by atoms with E-state index in [9.17, 15) is 4.79 Å². The topological polar surface area (TPSA) is 41.6 Å². The van der Waals surface area contributed by atoms with Gasteiger partial charge in [0.15, 0.2) is 0 Å². The minimum Gasteiger partial charge on any atom is -0.380 e. The van der Waals surface area contributed by atoms with E-state index in [-0.39, 0.29) is 0 Å². The first-order valence-electron chi connectivity index (χ1n) is 6.01. The molecule has 1 unspecified atom stereocenters. The number of rotatable bonds is 3. The molecule has 0 aromatic heterocycles. The number of amides is 1. The van der Waals surface area contributed by atoms with E-state index in [4.69, 9.17) is 4.74 Å². The number of anilines is 1. The van der Waals surface area contributed by atoms with Crippen LogP contribution in [0.3, 0.4) is 0 Å². The van der Waals surface area contributed by atoms with Crippen molar-refractivity contribution >= 4 is 12.1 Å². The molecule has 3 rings (SSSR count). The van der Waals surface area contributed by atoms with E-state index in [0.717, 1.165) is 44.8 Å². The van der Waals surface area contributed by atoms with Crippen LogP contribution in [0.4, 0.5) is 5.69 Å². The zero-order valence-electron chi connectivity index (χ0n) is 9.69. The van der Waals surface area contributed by atoms with Crippen LogP contribution in [-0.4, -0.2) is 30.6 Å². The molecule has 0 bridgehead atoms. The van der Waals surface area contributed by atoms with Gasteiger partial charge in [-0.3, -0.25) is 4.79 Å². The molecule has 0 saturated carbocycles. The third-order valence-corrected chi connectivity index (χ3v) is 3.45. The molecule has 2 aliphatic heterocycles. The van der Waals surface area contributed by atoms with Crippen molar-refractivity contribution in [2.24, 2.45) is 0 Å². The number of hydrogen-bond acceptors (Lipinski definition) is 3. The van der Waals surface area contributed by atoms with Crippen molar-refractivity contribution in [1.82, 2.24) is 4.90 Å². The smallest absolute Gasteiger partial charge is 0.210 e. The minimum atomic E-state index is 0.409. The van der Waals surface area contributed by atoms with Crippen LogP contribution in [0.1, 0.15) is 17.5 Å². The highest BCUT2D eigenvalue weighted by molar-refractivity contribution is 5.60. The van der Waals surface area contributed by atoms with Gasteiger partial charge in [0.1, 0.15) is 0 Å². The number of carbonyl (C=O) groups is 1. The summed E-state index contributed by atoms with van der Waals surface area (Å²) in [6.07, 6.45) is 1.98. The fraction of sp³-hybridized carbons (Fsp3) is 0.462. The molecule has 4 nitrogen and oxygen atoms in total. The summed E-state index contributed by atoms with van der Waals surface area (Å²) in [5.74, 6) is 0. The highest BCUT2D eigenvalue weighted by atomic mass is 16.5. The van der Waals surface area contributed by atoms with Gasteiger partial charge < -0.3 is 15.0 Å². The molecule has 1 atom stereocenters. The van der Waals surface area contributed by atoms with Crippen LogP contribution in [0, 0.1) is 0 Å². The van der Waals surface area contributed by atoms with E-state index in [1.165, 1.54) is 11.1 Å². The van der Waals surface area contributed by atoms with E-state index in [0.29, 0.717) is 6.04 Å². The van der Waals surface area contributed by atoms with Crippen LogP contribution >= 0.6 is 0 Å². The van der Waals surface area contributed by atoms with Crippen LogP contribution in [0.5, 0.6) is 0 Å². The average molecular weight is 232 g/mol. The molecular weight excluding hydrogens is 216 g/mol. The molecule has 2 aliphatic rings. The van der Waals surface area contributed by atoms with E-state index >= 15 is 0 Å². The molecule has 1 aromatic carbocycles. The standard InChI is InChI=1S/C13H16N2O2/c16-9-15-6-10-2-1-3-13(12(10)7-15)14-11-4-5-17-8-11/h1-3,9,11,14H,4-8H2. The van der Waals surface area contributed by atoms with Crippen molar-refractivity contribution < 1.29 is 9.53 Å². The fourth-order valence-corrected chi connectivity index (χ4v) is 2.53. The van der Waals surface area contributed by atoms with Crippen molar-refractivity contribution in [3.8, 4) is 0 Å². The lowest BCUT2D eigenvalue weighted by molar-refractivity contribution is -0.118. The number of nitrogens with zero attached hydrogens (tertiary/aromatic N) is 1. The molecule has 1 N–H and O–H groups in total. The lowest BCUT2D eigenvalue weighted by Gasteiger charge is -2.15. The van der Waals surface area contributed by atoms with Gasteiger partial charge in [0, 0.05) is 25.4 Å². The zero-order chi connectivity index (χ0) is 11.7. The molecule has 2 heterocycles. The van der Waals surface area contributed by atoms with Crippen LogP contribution in [-0.2, 0) is 22.6 Å². The molecule has 4 heteroatoms. The van der Waals surface area contributed by atoms with Crippen molar-refractivity contribution in [2.75, 3.05) is 18.5 Å². The summed E-state index contributed by atoms with van der Waals surface area (Å²) in [7, 11) is 0. The Morgan fingerprint density at radius 1 is 1.41 bits per heavy atom. The average Bonchev–Trinajstić information content (AvgIpc) is 2.97. The Balaban J connectivity index is 1.81. The summed E-state index contributed by atoms with van der Waals surface area (Å²) in [6.45, 7) is 3.07. The second-order valence-electron chi connectivity index (χ2n) is 4.66. The number of benzene rings is 1. The Morgan fingerprint density at radius 2 is 2.35 bits per heavy atom. The normalized spacial score (nSPS) is 22.6. The van der Waals surface area contributed by atoms with Gasteiger partial charge in [-0.1, -0.05) is 12.1 Å². The number of carbonyl (C=O) groups excluding carboxylic acids is 1. The van der Waals surface area contributed by atoms with Gasteiger partial charge in [0.2, 0.25) is 6.41 Å². The first-order chi connectivity index (χ1) is 8.36. The van der Waals surface area contributed by atoms with Crippen molar-refractivity contribution in [3.63, 3.8) is 0 Å². The highest BCUT2D eigenvalue weighted by Crippen LogP contribution is 2.29. The quantitative estimate of drug-likeness (QED) is 0.800. The van der Waals surface area contributed by atoms with E-state index in [1.54, 1.807) is 4.90 Å². The maximum Gasteiger partial charge on any atom is 0.210 e. The monoisotopic (exact) mass is 232 g/mol. The molecular formula is C13H16N2O2. The Kier molecular flexibility index (Phi) is 2.73. The van der Waals surface area contributed by atoms with E-state index in [1.807, 2.05) is 6.07 Å². The molecule has 90 valence electrons. The van der Waals surface area contributed by atoms with Crippen molar-refractivity contribution in [2.45, 2.75) is 25.6 Å². The third kappa shape index (κ3) is 2.00. The largest absolute Gasteiger partial charge is 0.380 e. The molecule has 1 saturated heterocycles. The minimum absolute atomic E-state index is 0.409. The van der Waals surface area contributed by atoms with Crippen LogP contribution < -0.4 is 5.32 Å². The second-order valence-corrected chi connectivity index (χ2v) is 4.66. The summed E-state index contributed by atoms with van der Waals surface area (Å²) in [5.41, 5.74) is 3.66. The van der Waals surface area contributed by atoms with Gasteiger partial charge in [0.25, 0.3) is 0 Å². The fourth-order valence-electron chi connectivity index (χ4n) is 2.53. The molecule has 0 radical (unpaired) electrons. The van der Waals surface area contributed by atoms with Gasteiger partial charge >= 0.3 is 0 Å². The lowest BCUT2D eigenvalue weighted by atomic mass is 10.1. The summed E-state index contributed by atoms with van der Waals surface area (Å²) in [5, 5.41) is 3.52. The summed E-state index contributed by atoms with van der Waals surface area (Å²) in [6, 6.07) is 6.64. The van der Waals surface area contributed by atoms with Gasteiger partial charge in [-0.05, 0) is 23.6 Å². The number of fused-ring (bicyclic) bond motifs is 1. The summed E-state index contributed by atoms with van der Waals surface area (Å²) in [4.78, 5) is 12.6.